The summed E-state index contributed by atoms with van der Waals surface area (Å²) < 4.78 is 23.2. The van der Waals surface area contributed by atoms with Crippen molar-refractivity contribution in [3.63, 3.8) is 0 Å². The molecule has 3 heterocycles. The molecule has 0 unspecified atom stereocenters. The normalized spacial score (nSPS) is 11.1. The van der Waals surface area contributed by atoms with E-state index in [1.807, 2.05) is 34.2 Å². The van der Waals surface area contributed by atoms with Crippen molar-refractivity contribution in [2.24, 2.45) is 0 Å². The molecule has 27 heavy (non-hydrogen) atoms. The van der Waals surface area contributed by atoms with Crippen molar-refractivity contribution in [3.8, 4) is 17.0 Å². The molecule has 7 nitrogen and oxygen atoms in total. The maximum absolute atomic E-state index is 14.2. The molecule has 4 rings (SSSR count). The molecule has 0 aliphatic heterocycles. The molecule has 8 heteroatoms. The Morgan fingerprint density at radius 1 is 1.19 bits per heavy atom. The molecule has 0 atom stereocenters. The minimum absolute atomic E-state index is 0.273. The molecule has 1 N–H and O–H groups in total. The summed E-state index contributed by atoms with van der Waals surface area (Å²) in [5, 5.41) is 15.9. The van der Waals surface area contributed by atoms with E-state index in [1.54, 1.807) is 24.7 Å². The zero-order valence-electron chi connectivity index (χ0n) is 15.1. The van der Waals surface area contributed by atoms with E-state index < -0.39 is 0 Å². The molecule has 0 bridgehead atoms. The SMILES string of the molecule is CCn1nccc1-c1ccc(NCc2c(F)cccc2OC)n2cnnc12. The smallest absolute Gasteiger partial charge is 0.171 e. The Hall–Kier alpha value is -3.42. The van der Waals surface area contributed by atoms with E-state index in [-0.39, 0.29) is 12.4 Å². The van der Waals surface area contributed by atoms with Crippen molar-refractivity contribution in [1.82, 2.24) is 24.4 Å². The molecule has 0 saturated carbocycles. The fourth-order valence-electron chi connectivity index (χ4n) is 3.15. The highest BCUT2D eigenvalue weighted by Gasteiger charge is 2.14. The quantitative estimate of drug-likeness (QED) is 0.567. The topological polar surface area (TPSA) is 69.3 Å². The Labute approximate surface area is 155 Å². The maximum atomic E-state index is 14.2. The zero-order valence-corrected chi connectivity index (χ0v) is 15.1. The van der Waals surface area contributed by atoms with Crippen LogP contribution in [0.5, 0.6) is 5.75 Å². The first-order valence-corrected chi connectivity index (χ1v) is 8.63. The third kappa shape index (κ3) is 2.99. The van der Waals surface area contributed by atoms with Gasteiger partial charge in [-0.05, 0) is 37.3 Å². The van der Waals surface area contributed by atoms with E-state index in [4.69, 9.17) is 4.74 Å². The van der Waals surface area contributed by atoms with Crippen LogP contribution in [0.4, 0.5) is 10.2 Å². The highest BCUT2D eigenvalue weighted by Crippen LogP contribution is 2.27. The lowest BCUT2D eigenvalue weighted by molar-refractivity contribution is 0.405. The molecule has 4 aromatic rings. The summed E-state index contributed by atoms with van der Waals surface area (Å²) in [6.45, 7) is 3.07. The number of nitrogens with zero attached hydrogens (tertiary/aromatic N) is 5. The first kappa shape index (κ1) is 17.0. The van der Waals surface area contributed by atoms with Crippen LogP contribution in [-0.4, -0.2) is 31.5 Å². The van der Waals surface area contributed by atoms with Crippen LogP contribution in [0, 0.1) is 5.82 Å². The van der Waals surface area contributed by atoms with Gasteiger partial charge in [0.05, 0.1) is 12.8 Å². The minimum atomic E-state index is -0.315. The van der Waals surface area contributed by atoms with Crippen molar-refractivity contribution < 1.29 is 9.13 Å². The molecule has 0 saturated heterocycles. The van der Waals surface area contributed by atoms with E-state index >= 15 is 0 Å². The third-order valence-corrected chi connectivity index (χ3v) is 4.49. The van der Waals surface area contributed by atoms with Crippen LogP contribution in [0.1, 0.15) is 12.5 Å². The van der Waals surface area contributed by atoms with Crippen molar-refractivity contribution in [2.45, 2.75) is 20.0 Å². The van der Waals surface area contributed by atoms with Crippen LogP contribution in [0.3, 0.4) is 0 Å². The number of fused-ring (bicyclic) bond motifs is 1. The van der Waals surface area contributed by atoms with Gasteiger partial charge >= 0.3 is 0 Å². The van der Waals surface area contributed by atoms with Gasteiger partial charge in [-0.1, -0.05) is 6.07 Å². The number of hydrogen-bond acceptors (Lipinski definition) is 5. The minimum Gasteiger partial charge on any atom is -0.496 e. The fourth-order valence-corrected chi connectivity index (χ4v) is 3.15. The Morgan fingerprint density at radius 3 is 2.89 bits per heavy atom. The number of rotatable bonds is 6. The molecule has 0 fully saturated rings. The largest absolute Gasteiger partial charge is 0.496 e. The van der Waals surface area contributed by atoms with Gasteiger partial charge in [0.2, 0.25) is 0 Å². The summed E-state index contributed by atoms with van der Waals surface area (Å²) in [4.78, 5) is 0. The van der Waals surface area contributed by atoms with Crippen LogP contribution in [0.25, 0.3) is 16.9 Å². The Morgan fingerprint density at radius 2 is 2.07 bits per heavy atom. The van der Waals surface area contributed by atoms with E-state index in [0.29, 0.717) is 17.0 Å². The van der Waals surface area contributed by atoms with Gasteiger partial charge in [0.25, 0.3) is 0 Å². The molecule has 0 aliphatic carbocycles. The number of methoxy groups -OCH3 is 1. The number of pyridine rings is 1. The highest BCUT2D eigenvalue weighted by molar-refractivity contribution is 5.77. The average molecular weight is 366 g/mol. The second-order valence-electron chi connectivity index (χ2n) is 5.96. The molecule has 0 aliphatic rings. The molecule has 1 aromatic carbocycles. The van der Waals surface area contributed by atoms with Gasteiger partial charge in [-0.15, -0.1) is 10.2 Å². The number of benzene rings is 1. The number of halogens is 1. The summed E-state index contributed by atoms with van der Waals surface area (Å²) in [6, 6.07) is 10.6. The molecular weight excluding hydrogens is 347 g/mol. The Balaban J connectivity index is 1.69. The van der Waals surface area contributed by atoms with Crippen molar-refractivity contribution in [1.29, 1.82) is 0 Å². The predicted octanol–water partition coefficient (Wildman–Crippen LogP) is 3.37. The summed E-state index contributed by atoms with van der Waals surface area (Å²) in [5.74, 6) is 0.947. The first-order chi connectivity index (χ1) is 13.2. The molecule has 0 amide bonds. The van der Waals surface area contributed by atoms with Gasteiger partial charge in [-0.3, -0.25) is 9.08 Å². The second-order valence-corrected chi connectivity index (χ2v) is 5.96. The van der Waals surface area contributed by atoms with Gasteiger partial charge in [-0.2, -0.15) is 5.10 Å². The number of hydrogen-bond donors (Lipinski definition) is 1. The van der Waals surface area contributed by atoms with Crippen molar-refractivity contribution >= 4 is 11.5 Å². The highest BCUT2D eigenvalue weighted by atomic mass is 19.1. The maximum Gasteiger partial charge on any atom is 0.171 e. The molecule has 138 valence electrons. The van der Waals surface area contributed by atoms with E-state index in [9.17, 15) is 4.39 Å². The monoisotopic (exact) mass is 366 g/mol. The molecule has 0 spiro atoms. The van der Waals surface area contributed by atoms with E-state index in [1.165, 1.54) is 13.2 Å². The molecule has 3 aromatic heterocycles. The first-order valence-electron chi connectivity index (χ1n) is 8.63. The van der Waals surface area contributed by atoms with E-state index in [2.05, 4.69) is 20.6 Å². The molecular formula is C19H19FN6O. The van der Waals surface area contributed by atoms with Crippen LogP contribution in [0.15, 0.2) is 48.9 Å². The van der Waals surface area contributed by atoms with Crippen LogP contribution in [0.2, 0.25) is 0 Å². The fraction of sp³-hybridized carbons (Fsp3) is 0.211. The van der Waals surface area contributed by atoms with Crippen LogP contribution in [-0.2, 0) is 13.1 Å². The van der Waals surface area contributed by atoms with Gasteiger partial charge < -0.3 is 10.1 Å². The van der Waals surface area contributed by atoms with Crippen molar-refractivity contribution in [3.05, 3.63) is 60.3 Å². The summed E-state index contributed by atoms with van der Waals surface area (Å²) >= 11 is 0. The number of anilines is 1. The van der Waals surface area contributed by atoms with Crippen LogP contribution < -0.4 is 10.1 Å². The Bertz CT molecular complexity index is 1090. The second kappa shape index (κ2) is 7.06. The third-order valence-electron chi connectivity index (χ3n) is 4.49. The lowest BCUT2D eigenvalue weighted by Gasteiger charge is -2.14. The predicted molar refractivity (Wildman–Crippen MR) is 100 cm³/mol. The van der Waals surface area contributed by atoms with Gasteiger partial charge in [0.15, 0.2) is 5.65 Å². The number of ether oxygens (including phenoxy) is 1. The standard InChI is InChI=1S/C19H19FN6O/c1-3-26-16(9-10-23-26)13-7-8-18(25-12-22-24-19(13)25)21-11-14-15(20)5-4-6-17(14)27-2/h4-10,12,21H,3,11H2,1-2H3. The van der Waals surface area contributed by atoms with Crippen LogP contribution >= 0.6 is 0 Å². The summed E-state index contributed by atoms with van der Waals surface area (Å²) in [5.41, 5.74) is 3.07. The van der Waals surface area contributed by atoms with Gasteiger partial charge in [0, 0.05) is 30.4 Å². The molecule has 0 radical (unpaired) electrons. The zero-order chi connectivity index (χ0) is 18.8. The van der Waals surface area contributed by atoms with Gasteiger partial charge in [0.1, 0.15) is 23.7 Å². The summed E-state index contributed by atoms with van der Waals surface area (Å²) in [7, 11) is 1.53. The average Bonchev–Trinajstić information content (AvgIpc) is 3.36. The van der Waals surface area contributed by atoms with Crippen molar-refractivity contribution in [2.75, 3.05) is 12.4 Å². The van der Waals surface area contributed by atoms with E-state index in [0.717, 1.165) is 23.6 Å². The Kier molecular flexibility index (Phi) is 4.45. The van der Waals surface area contributed by atoms with Gasteiger partial charge in [-0.25, -0.2) is 4.39 Å². The lowest BCUT2D eigenvalue weighted by Crippen LogP contribution is -2.08. The lowest BCUT2D eigenvalue weighted by atomic mass is 10.1. The summed E-state index contributed by atoms with van der Waals surface area (Å²) in [6.07, 6.45) is 3.40. The number of aromatic nitrogens is 5. The number of aryl methyl sites for hydroxylation is 1. The number of nitrogens with one attached hydrogen (secondary N) is 1.